The number of aromatic nitrogens is 2. The van der Waals surface area contributed by atoms with Gasteiger partial charge in [-0.25, -0.2) is 0 Å². The number of rotatable bonds is 4. The van der Waals surface area contributed by atoms with Crippen LogP contribution in [0, 0.1) is 6.92 Å². The Kier molecular flexibility index (Phi) is 3.55. The van der Waals surface area contributed by atoms with Gasteiger partial charge in [-0.15, -0.1) is 0 Å². The first kappa shape index (κ1) is 13.1. The van der Waals surface area contributed by atoms with Crippen LogP contribution in [-0.4, -0.2) is 22.7 Å². The molecule has 0 aliphatic carbocycles. The van der Waals surface area contributed by atoms with Crippen molar-refractivity contribution < 1.29 is 4.79 Å². The lowest BCUT2D eigenvalue weighted by atomic mass is 10.1. The fourth-order valence-corrected chi connectivity index (χ4v) is 1.94. The molecule has 0 saturated heterocycles. The number of nitrogens with zero attached hydrogens (tertiary/aromatic N) is 3. The summed E-state index contributed by atoms with van der Waals surface area (Å²) in [5.41, 5.74) is 9.07. The van der Waals surface area contributed by atoms with Crippen molar-refractivity contribution in [1.29, 1.82) is 0 Å². The van der Waals surface area contributed by atoms with E-state index in [1.807, 2.05) is 44.0 Å². The zero-order chi connectivity index (χ0) is 14.0. The van der Waals surface area contributed by atoms with Gasteiger partial charge in [-0.1, -0.05) is 6.07 Å². The van der Waals surface area contributed by atoms with E-state index in [1.165, 1.54) is 0 Å². The van der Waals surface area contributed by atoms with Crippen LogP contribution in [0.15, 0.2) is 30.5 Å². The maximum absolute atomic E-state index is 11.2. The fourth-order valence-electron chi connectivity index (χ4n) is 1.94. The minimum absolute atomic E-state index is 0.409. The van der Waals surface area contributed by atoms with E-state index < -0.39 is 5.91 Å². The van der Waals surface area contributed by atoms with Gasteiger partial charge in [0, 0.05) is 43.1 Å². The maximum atomic E-state index is 11.2. The highest BCUT2D eigenvalue weighted by Crippen LogP contribution is 2.18. The Balaban J connectivity index is 2.20. The molecule has 0 unspecified atom stereocenters. The highest BCUT2D eigenvalue weighted by atomic mass is 16.1. The molecule has 0 atom stereocenters. The van der Waals surface area contributed by atoms with Gasteiger partial charge in [0.05, 0.1) is 6.20 Å². The molecule has 1 aromatic heterocycles. The molecule has 5 nitrogen and oxygen atoms in total. The Bertz CT molecular complexity index is 603. The number of nitrogens with two attached hydrogens (primary N) is 1. The minimum Gasteiger partial charge on any atom is -0.370 e. The molecule has 100 valence electrons. The topological polar surface area (TPSA) is 64.2 Å². The highest BCUT2D eigenvalue weighted by molar-refractivity contribution is 5.93. The van der Waals surface area contributed by atoms with E-state index in [0.29, 0.717) is 5.56 Å². The molecule has 5 heteroatoms. The Morgan fingerprint density at radius 1 is 1.47 bits per heavy atom. The van der Waals surface area contributed by atoms with Crippen LogP contribution in [-0.2, 0) is 13.6 Å². The first-order chi connectivity index (χ1) is 8.99. The van der Waals surface area contributed by atoms with Gasteiger partial charge in [0.2, 0.25) is 5.91 Å². The van der Waals surface area contributed by atoms with Crippen molar-refractivity contribution in [3.8, 4) is 0 Å². The van der Waals surface area contributed by atoms with Crippen molar-refractivity contribution in [3.63, 3.8) is 0 Å². The summed E-state index contributed by atoms with van der Waals surface area (Å²) >= 11 is 0. The van der Waals surface area contributed by atoms with Gasteiger partial charge in [0.25, 0.3) is 0 Å². The average molecular weight is 258 g/mol. The molecule has 0 aliphatic heterocycles. The number of carbonyl (C=O) groups is 1. The largest absolute Gasteiger partial charge is 0.370 e. The summed E-state index contributed by atoms with van der Waals surface area (Å²) in [5.74, 6) is -0.409. The lowest BCUT2D eigenvalue weighted by molar-refractivity contribution is 0.100. The zero-order valence-corrected chi connectivity index (χ0v) is 11.4. The van der Waals surface area contributed by atoms with Crippen LogP contribution in [0.2, 0.25) is 0 Å². The van der Waals surface area contributed by atoms with Crippen molar-refractivity contribution in [2.75, 3.05) is 11.9 Å². The van der Waals surface area contributed by atoms with Crippen molar-refractivity contribution >= 4 is 11.6 Å². The van der Waals surface area contributed by atoms with E-state index in [9.17, 15) is 4.79 Å². The average Bonchev–Trinajstić information content (AvgIpc) is 2.71. The monoisotopic (exact) mass is 258 g/mol. The summed E-state index contributed by atoms with van der Waals surface area (Å²) in [6.45, 7) is 2.78. The van der Waals surface area contributed by atoms with Gasteiger partial charge < -0.3 is 10.6 Å². The van der Waals surface area contributed by atoms with Crippen molar-refractivity contribution in [2.45, 2.75) is 13.5 Å². The van der Waals surface area contributed by atoms with Crippen LogP contribution in [0.4, 0.5) is 5.69 Å². The summed E-state index contributed by atoms with van der Waals surface area (Å²) in [5, 5.41) is 4.22. The van der Waals surface area contributed by atoms with Gasteiger partial charge >= 0.3 is 0 Å². The molecule has 2 aromatic rings. The summed E-state index contributed by atoms with van der Waals surface area (Å²) in [6, 6.07) is 7.31. The maximum Gasteiger partial charge on any atom is 0.248 e. The minimum atomic E-state index is -0.409. The van der Waals surface area contributed by atoms with Crippen LogP contribution in [0.5, 0.6) is 0 Å². The third-order valence-corrected chi connectivity index (χ3v) is 3.32. The molecule has 0 bridgehead atoms. The second-order valence-electron chi connectivity index (χ2n) is 4.65. The third-order valence-electron chi connectivity index (χ3n) is 3.32. The smallest absolute Gasteiger partial charge is 0.248 e. The number of amides is 1. The highest BCUT2D eigenvalue weighted by Gasteiger charge is 2.09. The summed E-state index contributed by atoms with van der Waals surface area (Å²) < 4.78 is 1.85. The predicted octanol–water partition coefficient (Wildman–Crippen LogP) is 1.46. The quantitative estimate of drug-likeness (QED) is 0.903. The summed E-state index contributed by atoms with van der Waals surface area (Å²) in [6.07, 6.45) is 1.86. The molecule has 0 spiro atoms. The summed E-state index contributed by atoms with van der Waals surface area (Å²) in [7, 11) is 3.90. The molecule has 0 saturated carbocycles. The molecule has 0 fully saturated rings. The van der Waals surface area contributed by atoms with Crippen LogP contribution in [0.3, 0.4) is 0 Å². The normalized spacial score (nSPS) is 10.5. The second-order valence-corrected chi connectivity index (χ2v) is 4.65. The van der Waals surface area contributed by atoms with Gasteiger partial charge in [-0.2, -0.15) is 5.10 Å². The number of carbonyl (C=O) groups excluding carboxylic acids is 1. The fraction of sp³-hybridized carbons (Fsp3) is 0.286. The summed E-state index contributed by atoms with van der Waals surface area (Å²) in [4.78, 5) is 13.2. The second kappa shape index (κ2) is 5.14. The molecule has 1 amide bonds. The molecule has 0 radical (unpaired) electrons. The van der Waals surface area contributed by atoms with E-state index in [2.05, 4.69) is 10.00 Å². The molecule has 2 N–H and O–H groups in total. The van der Waals surface area contributed by atoms with Crippen molar-refractivity contribution in [1.82, 2.24) is 9.78 Å². The predicted molar refractivity (Wildman–Crippen MR) is 75.0 cm³/mol. The van der Waals surface area contributed by atoms with E-state index in [-0.39, 0.29) is 0 Å². The molecule has 1 heterocycles. The van der Waals surface area contributed by atoms with Crippen LogP contribution in [0.25, 0.3) is 0 Å². The molecule has 2 rings (SSSR count). The third kappa shape index (κ3) is 2.76. The van der Waals surface area contributed by atoms with Crippen molar-refractivity contribution in [2.24, 2.45) is 12.8 Å². The number of primary amides is 1. The Hall–Kier alpha value is -2.30. The first-order valence-corrected chi connectivity index (χ1v) is 6.07. The number of benzene rings is 1. The van der Waals surface area contributed by atoms with Crippen LogP contribution < -0.4 is 10.6 Å². The molecule has 0 aliphatic rings. The number of aryl methyl sites for hydroxylation is 1. The lowest BCUT2D eigenvalue weighted by Gasteiger charge is -2.19. The Morgan fingerprint density at radius 2 is 2.21 bits per heavy atom. The Labute approximate surface area is 112 Å². The molecular formula is C14H18N4O. The Morgan fingerprint density at radius 3 is 2.79 bits per heavy atom. The lowest BCUT2D eigenvalue weighted by Crippen LogP contribution is -2.18. The molecular weight excluding hydrogens is 240 g/mol. The van der Waals surface area contributed by atoms with Gasteiger partial charge in [-0.05, 0) is 25.1 Å². The first-order valence-electron chi connectivity index (χ1n) is 6.07. The molecule has 1 aromatic carbocycles. The number of hydrogen-bond donors (Lipinski definition) is 1. The van der Waals surface area contributed by atoms with Crippen LogP contribution in [0.1, 0.15) is 21.6 Å². The zero-order valence-electron chi connectivity index (χ0n) is 11.4. The van der Waals surface area contributed by atoms with E-state index >= 15 is 0 Å². The van der Waals surface area contributed by atoms with Crippen molar-refractivity contribution in [3.05, 3.63) is 47.3 Å². The standard InChI is InChI=1S/C14H18N4O/c1-10-12(8-16-18(10)3)9-17(2)13-6-4-5-11(7-13)14(15)19/h4-8H,9H2,1-3H3,(H2,15,19). The van der Waals surface area contributed by atoms with Gasteiger partial charge in [0.15, 0.2) is 0 Å². The SMILES string of the molecule is Cc1c(CN(C)c2cccc(C(N)=O)c2)cnn1C. The van der Waals surface area contributed by atoms with E-state index in [4.69, 9.17) is 5.73 Å². The molecule has 19 heavy (non-hydrogen) atoms. The van der Waals surface area contributed by atoms with Gasteiger partial charge in [0.1, 0.15) is 0 Å². The number of anilines is 1. The van der Waals surface area contributed by atoms with E-state index in [0.717, 1.165) is 23.5 Å². The number of hydrogen-bond acceptors (Lipinski definition) is 3. The van der Waals surface area contributed by atoms with E-state index in [1.54, 1.807) is 12.1 Å². The van der Waals surface area contributed by atoms with Gasteiger partial charge in [-0.3, -0.25) is 9.48 Å². The van der Waals surface area contributed by atoms with Crippen LogP contribution >= 0.6 is 0 Å².